The van der Waals surface area contributed by atoms with Gasteiger partial charge in [-0.25, -0.2) is 0 Å². The quantitative estimate of drug-likeness (QED) is 0.740. The van der Waals surface area contributed by atoms with Gasteiger partial charge in [-0.15, -0.1) is 0 Å². The van der Waals surface area contributed by atoms with E-state index in [4.69, 9.17) is 0 Å². The Labute approximate surface area is 150 Å². The SMILES string of the molecule is CC(C(=O)N[C@@H](CO)C(=O)NC1CCCCCCC1)c1ccccc1. The summed E-state index contributed by atoms with van der Waals surface area (Å²) in [6, 6.07) is 8.66. The molecule has 3 N–H and O–H groups in total. The second kappa shape index (κ2) is 10.2. The first-order valence-corrected chi connectivity index (χ1v) is 9.38. The smallest absolute Gasteiger partial charge is 0.245 e. The van der Waals surface area contributed by atoms with Crippen molar-refractivity contribution in [2.24, 2.45) is 0 Å². The van der Waals surface area contributed by atoms with Gasteiger partial charge in [0.05, 0.1) is 12.5 Å². The third kappa shape index (κ3) is 6.16. The molecule has 5 heteroatoms. The van der Waals surface area contributed by atoms with E-state index < -0.39 is 12.6 Å². The molecule has 0 heterocycles. The number of rotatable bonds is 6. The lowest BCUT2D eigenvalue weighted by Crippen LogP contribution is -2.52. The molecule has 1 aromatic rings. The Bertz CT molecular complexity index is 539. The monoisotopic (exact) mass is 346 g/mol. The third-order valence-corrected chi connectivity index (χ3v) is 4.96. The molecule has 2 atom stereocenters. The molecular formula is C20H30N2O3. The van der Waals surface area contributed by atoms with E-state index in [9.17, 15) is 14.7 Å². The van der Waals surface area contributed by atoms with E-state index >= 15 is 0 Å². The minimum atomic E-state index is -0.899. The highest BCUT2D eigenvalue weighted by Gasteiger charge is 2.25. The molecule has 25 heavy (non-hydrogen) atoms. The number of carbonyl (C=O) groups excluding carboxylic acids is 2. The van der Waals surface area contributed by atoms with E-state index in [1.807, 2.05) is 30.3 Å². The summed E-state index contributed by atoms with van der Waals surface area (Å²) in [6.45, 7) is 1.40. The fourth-order valence-electron chi connectivity index (χ4n) is 3.29. The molecule has 2 rings (SSSR count). The predicted molar refractivity (Wildman–Crippen MR) is 98.1 cm³/mol. The van der Waals surface area contributed by atoms with Crippen molar-refractivity contribution in [1.82, 2.24) is 10.6 Å². The van der Waals surface area contributed by atoms with Gasteiger partial charge in [-0.05, 0) is 25.3 Å². The van der Waals surface area contributed by atoms with Crippen LogP contribution in [-0.2, 0) is 9.59 Å². The average molecular weight is 346 g/mol. The maximum absolute atomic E-state index is 12.4. The molecule has 138 valence electrons. The van der Waals surface area contributed by atoms with Crippen LogP contribution in [0, 0.1) is 0 Å². The number of aliphatic hydroxyl groups excluding tert-OH is 1. The standard InChI is InChI=1S/C20H30N2O3/c1-15(16-10-6-5-7-11-16)19(24)22-18(14-23)20(25)21-17-12-8-3-2-4-9-13-17/h5-7,10-11,15,17-18,23H,2-4,8-9,12-14H2,1H3,(H,21,25)(H,22,24)/t15?,18-/m0/s1. The second-order valence-electron chi connectivity index (χ2n) is 6.93. The van der Waals surface area contributed by atoms with Gasteiger partial charge in [0.25, 0.3) is 0 Å². The van der Waals surface area contributed by atoms with Crippen LogP contribution in [0.25, 0.3) is 0 Å². The molecule has 1 aliphatic rings. The molecule has 1 saturated carbocycles. The summed E-state index contributed by atoms with van der Waals surface area (Å²) in [6.07, 6.45) is 7.87. The van der Waals surface area contributed by atoms with E-state index in [-0.39, 0.29) is 23.8 Å². The largest absolute Gasteiger partial charge is 0.394 e. The van der Waals surface area contributed by atoms with Crippen LogP contribution in [0.1, 0.15) is 63.4 Å². The first kappa shape index (κ1) is 19.4. The van der Waals surface area contributed by atoms with E-state index in [0.717, 1.165) is 31.2 Å². The highest BCUT2D eigenvalue weighted by atomic mass is 16.3. The van der Waals surface area contributed by atoms with Gasteiger partial charge in [0.1, 0.15) is 6.04 Å². The molecule has 0 radical (unpaired) electrons. The maximum Gasteiger partial charge on any atom is 0.245 e. The van der Waals surface area contributed by atoms with Crippen molar-refractivity contribution in [3.8, 4) is 0 Å². The van der Waals surface area contributed by atoms with E-state index in [2.05, 4.69) is 10.6 Å². The molecule has 0 aliphatic heterocycles. The zero-order chi connectivity index (χ0) is 18.1. The lowest BCUT2D eigenvalue weighted by atomic mass is 9.96. The predicted octanol–water partition coefficient (Wildman–Crippen LogP) is 2.50. The summed E-state index contributed by atoms with van der Waals surface area (Å²) in [5, 5.41) is 15.2. The van der Waals surface area contributed by atoms with Crippen LogP contribution in [0.4, 0.5) is 0 Å². The number of hydrogen-bond donors (Lipinski definition) is 3. The molecule has 0 spiro atoms. The molecule has 2 amide bonds. The van der Waals surface area contributed by atoms with Crippen molar-refractivity contribution in [1.29, 1.82) is 0 Å². The molecule has 1 aromatic carbocycles. The minimum absolute atomic E-state index is 0.144. The molecule has 0 saturated heterocycles. The molecule has 5 nitrogen and oxygen atoms in total. The Morgan fingerprint density at radius 2 is 1.64 bits per heavy atom. The van der Waals surface area contributed by atoms with Gasteiger partial charge in [0.15, 0.2) is 0 Å². The Kier molecular flexibility index (Phi) is 7.92. The first-order chi connectivity index (χ1) is 12.1. The molecule has 1 unspecified atom stereocenters. The molecular weight excluding hydrogens is 316 g/mol. The highest BCUT2D eigenvalue weighted by molar-refractivity contribution is 5.90. The summed E-state index contributed by atoms with van der Waals surface area (Å²) in [4.78, 5) is 24.9. The van der Waals surface area contributed by atoms with Crippen LogP contribution in [0.15, 0.2) is 30.3 Å². The first-order valence-electron chi connectivity index (χ1n) is 9.38. The number of amides is 2. The van der Waals surface area contributed by atoms with Crippen molar-refractivity contribution in [2.75, 3.05) is 6.61 Å². The van der Waals surface area contributed by atoms with Gasteiger partial charge < -0.3 is 15.7 Å². The highest BCUT2D eigenvalue weighted by Crippen LogP contribution is 2.17. The topological polar surface area (TPSA) is 78.4 Å². The van der Waals surface area contributed by atoms with Crippen LogP contribution in [-0.4, -0.2) is 35.6 Å². The fourth-order valence-corrected chi connectivity index (χ4v) is 3.29. The van der Waals surface area contributed by atoms with E-state index in [1.165, 1.54) is 19.3 Å². The normalized spacial score (nSPS) is 18.5. The van der Waals surface area contributed by atoms with Crippen LogP contribution in [0.5, 0.6) is 0 Å². The van der Waals surface area contributed by atoms with Crippen molar-refractivity contribution in [3.63, 3.8) is 0 Å². The zero-order valence-electron chi connectivity index (χ0n) is 15.0. The van der Waals surface area contributed by atoms with Crippen molar-refractivity contribution in [2.45, 2.75) is 69.9 Å². The number of carbonyl (C=O) groups is 2. The van der Waals surface area contributed by atoms with Gasteiger partial charge in [-0.2, -0.15) is 0 Å². The van der Waals surface area contributed by atoms with Gasteiger partial charge in [0.2, 0.25) is 11.8 Å². The lowest BCUT2D eigenvalue weighted by Gasteiger charge is -2.24. The Hall–Kier alpha value is -1.88. The molecule has 1 aliphatic carbocycles. The number of hydrogen-bond acceptors (Lipinski definition) is 3. The minimum Gasteiger partial charge on any atom is -0.394 e. The van der Waals surface area contributed by atoms with Crippen molar-refractivity contribution < 1.29 is 14.7 Å². The van der Waals surface area contributed by atoms with Crippen LogP contribution in [0.3, 0.4) is 0 Å². The Balaban J connectivity index is 1.89. The van der Waals surface area contributed by atoms with Gasteiger partial charge in [-0.3, -0.25) is 9.59 Å². The van der Waals surface area contributed by atoms with Gasteiger partial charge in [0, 0.05) is 6.04 Å². The average Bonchev–Trinajstić information content (AvgIpc) is 2.61. The number of benzene rings is 1. The molecule has 1 fully saturated rings. The summed E-state index contributed by atoms with van der Waals surface area (Å²) in [5.74, 6) is -0.913. The fraction of sp³-hybridized carbons (Fsp3) is 0.600. The van der Waals surface area contributed by atoms with Gasteiger partial charge >= 0.3 is 0 Å². The second-order valence-corrected chi connectivity index (χ2v) is 6.93. The van der Waals surface area contributed by atoms with Crippen LogP contribution >= 0.6 is 0 Å². The maximum atomic E-state index is 12.4. The van der Waals surface area contributed by atoms with E-state index in [1.54, 1.807) is 6.92 Å². The van der Waals surface area contributed by atoms with Crippen molar-refractivity contribution in [3.05, 3.63) is 35.9 Å². The van der Waals surface area contributed by atoms with Gasteiger partial charge in [-0.1, -0.05) is 62.4 Å². The number of nitrogens with one attached hydrogen (secondary N) is 2. The summed E-state index contributed by atoms with van der Waals surface area (Å²) >= 11 is 0. The summed E-state index contributed by atoms with van der Waals surface area (Å²) in [5.41, 5.74) is 0.886. The van der Waals surface area contributed by atoms with Crippen molar-refractivity contribution >= 4 is 11.8 Å². The lowest BCUT2D eigenvalue weighted by molar-refractivity contribution is -0.131. The molecule has 0 bridgehead atoms. The third-order valence-electron chi connectivity index (χ3n) is 4.96. The summed E-state index contributed by atoms with van der Waals surface area (Å²) < 4.78 is 0. The number of aliphatic hydroxyl groups is 1. The van der Waals surface area contributed by atoms with E-state index in [0.29, 0.717) is 0 Å². The van der Waals surface area contributed by atoms with Crippen LogP contribution < -0.4 is 10.6 Å². The summed E-state index contributed by atoms with van der Waals surface area (Å²) in [7, 11) is 0. The van der Waals surface area contributed by atoms with Crippen LogP contribution in [0.2, 0.25) is 0 Å². The molecule has 0 aromatic heterocycles. The zero-order valence-corrected chi connectivity index (χ0v) is 15.0. The Morgan fingerprint density at radius 1 is 1.04 bits per heavy atom. The Morgan fingerprint density at radius 3 is 2.24 bits per heavy atom.